The Labute approximate surface area is 184 Å². The molecule has 0 saturated heterocycles. The number of hydrazone groups is 1. The summed E-state index contributed by atoms with van der Waals surface area (Å²) in [5, 5.41) is 14.9. The monoisotopic (exact) mass is 453 g/mol. The van der Waals surface area contributed by atoms with Gasteiger partial charge < -0.3 is 0 Å². The summed E-state index contributed by atoms with van der Waals surface area (Å²) in [6, 6.07) is 16.6. The van der Waals surface area contributed by atoms with E-state index in [0.717, 1.165) is 4.31 Å². The van der Waals surface area contributed by atoms with Crippen LogP contribution in [0.4, 0.5) is 11.4 Å². The summed E-state index contributed by atoms with van der Waals surface area (Å²) in [6.07, 6.45) is 2.83. The van der Waals surface area contributed by atoms with Gasteiger partial charge in [0, 0.05) is 23.9 Å². The highest BCUT2D eigenvalue weighted by molar-refractivity contribution is 7.92. The molecule has 164 valence electrons. The fourth-order valence-corrected chi connectivity index (χ4v) is 4.19. The van der Waals surface area contributed by atoms with Crippen LogP contribution in [0.3, 0.4) is 0 Å². The first-order valence-electron chi connectivity index (χ1n) is 9.35. The second-order valence-electron chi connectivity index (χ2n) is 6.58. The molecule has 32 heavy (non-hydrogen) atoms. The van der Waals surface area contributed by atoms with Gasteiger partial charge in [-0.1, -0.05) is 30.3 Å². The van der Waals surface area contributed by atoms with E-state index in [1.54, 1.807) is 37.3 Å². The standard InChI is InChI=1S/C21H19N5O5S/c1-16(17-7-5-8-18(13-17)26(28)29)23-24-21(27)15-25(19-9-6-12-22-14-19)32(30,31)20-10-3-2-4-11-20/h2-14H,15H2,1H3,(H,24,27)/b23-16-. The van der Waals surface area contributed by atoms with Gasteiger partial charge in [0.2, 0.25) is 0 Å². The molecule has 1 amide bonds. The van der Waals surface area contributed by atoms with Gasteiger partial charge in [-0.15, -0.1) is 0 Å². The molecule has 0 atom stereocenters. The van der Waals surface area contributed by atoms with Crippen LogP contribution in [0.5, 0.6) is 0 Å². The molecular formula is C21H19N5O5S. The van der Waals surface area contributed by atoms with E-state index in [1.165, 1.54) is 48.8 Å². The number of amides is 1. The van der Waals surface area contributed by atoms with Gasteiger partial charge in [0.05, 0.1) is 27.4 Å². The van der Waals surface area contributed by atoms with Crippen molar-refractivity contribution in [2.24, 2.45) is 5.10 Å². The third kappa shape index (κ3) is 5.32. The van der Waals surface area contributed by atoms with Gasteiger partial charge in [0.15, 0.2) is 0 Å². The van der Waals surface area contributed by atoms with Crippen molar-refractivity contribution in [3.05, 3.63) is 94.8 Å². The number of pyridine rings is 1. The van der Waals surface area contributed by atoms with E-state index in [0.29, 0.717) is 11.3 Å². The molecule has 10 nitrogen and oxygen atoms in total. The number of nitrogens with one attached hydrogen (secondary N) is 1. The van der Waals surface area contributed by atoms with Crippen LogP contribution in [0.15, 0.2) is 89.1 Å². The van der Waals surface area contributed by atoms with Gasteiger partial charge in [-0.05, 0) is 31.2 Å². The Morgan fingerprint density at radius 1 is 1.12 bits per heavy atom. The molecule has 0 unspecified atom stereocenters. The van der Waals surface area contributed by atoms with Gasteiger partial charge in [-0.3, -0.25) is 24.2 Å². The van der Waals surface area contributed by atoms with E-state index in [2.05, 4.69) is 15.5 Å². The number of non-ortho nitro benzene ring substituents is 1. The first kappa shape index (κ1) is 22.6. The maximum Gasteiger partial charge on any atom is 0.270 e. The number of rotatable bonds is 8. The van der Waals surface area contributed by atoms with E-state index in [9.17, 15) is 23.3 Å². The maximum absolute atomic E-state index is 13.1. The van der Waals surface area contributed by atoms with E-state index < -0.39 is 27.4 Å². The van der Waals surface area contributed by atoms with Crippen LogP contribution in [0.1, 0.15) is 12.5 Å². The summed E-state index contributed by atoms with van der Waals surface area (Å²) in [4.78, 5) is 26.9. The van der Waals surface area contributed by atoms with Gasteiger partial charge in [0.1, 0.15) is 6.54 Å². The Kier molecular flexibility index (Phi) is 6.90. The molecule has 0 bridgehead atoms. The van der Waals surface area contributed by atoms with E-state index >= 15 is 0 Å². The van der Waals surface area contributed by atoms with Crippen LogP contribution in [-0.4, -0.2) is 36.5 Å². The Hall–Kier alpha value is -4.12. The van der Waals surface area contributed by atoms with Gasteiger partial charge in [-0.2, -0.15) is 5.10 Å². The van der Waals surface area contributed by atoms with Crippen molar-refractivity contribution < 1.29 is 18.1 Å². The second kappa shape index (κ2) is 9.79. The zero-order chi connectivity index (χ0) is 23.1. The number of nitro groups is 1. The predicted molar refractivity (Wildman–Crippen MR) is 119 cm³/mol. The topological polar surface area (TPSA) is 135 Å². The van der Waals surface area contributed by atoms with Crippen LogP contribution < -0.4 is 9.73 Å². The van der Waals surface area contributed by atoms with Gasteiger partial charge >= 0.3 is 0 Å². The quantitative estimate of drug-likeness (QED) is 0.316. The third-order valence-corrected chi connectivity index (χ3v) is 6.16. The number of nitro benzene ring substituents is 1. The van der Waals surface area contributed by atoms with Crippen molar-refractivity contribution >= 4 is 33.0 Å². The number of aromatic nitrogens is 1. The minimum atomic E-state index is -4.05. The van der Waals surface area contributed by atoms with Crippen LogP contribution in [0.25, 0.3) is 0 Å². The SMILES string of the molecule is C/C(=N/NC(=O)CN(c1cccnc1)S(=O)(=O)c1ccccc1)c1cccc([N+](=O)[O-])c1. The van der Waals surface area contributed by atoms with Gasteiger partial charge in [-0.25, -0.2) is 13.8 Å². The minimum absolute atomic E-state index is 0.0212. The molecule has 0 fully saturated rings. The van der Waals surface area contributed by atoms with Crippen molar-refractivity contribution in [2.75, 3.05) is 10.8 Å². The number of hydrogen-bond acceptors (Lipinski definition) is 7. The van der Waals surface area contributed by atoms with E-state index in [1.807, 2.05) is 0 Å². The second-order valence-corrected chi connectivity index (χ2v) is 8.44. The highest BCUT2D eigenvalue weighted by atomic mass is 32.2. The predicted octanol–water partition coefficient (Wildman–Crippen LogP) is 2.73. The molecule has 3 aromatic rings. The fourth-order valence-electron chi connectivity index (χ4n) is 2.76. The van der Waals surface area contributed by atoms with E-state index in [-0.39, 0.29) is 16.3 Å². The highest BCUT2D eigenvalue weighted by Gasteiger charge is 2.27. The normalized spacial score (nSPS) is 11.6. The molecule has 0 aliphatic heterocycles. The number of benzene rings is 2. The zero-order valence-corrected chi connectivity index (χ0v) is 17.8. The van der Waals surface area contributed by atoms with Gasteiger partial charge in [0.25, 0.3) is 21.6 Å². The molecule has 1 heterocycles. The Morgan fingerprint density at radius 2 is 1.88 bits per heavy atom. The third-order valence-electron chi connectivity index (χ3n) is 4.38. The number of carbonyl (C=O) groups is 1. The van der Waals surface area contributed by atoms with Crippen LogP contribution >= 0.6 is 0 Å². The average Bonchev–Trinajstić information content (AvgIpc) is 2.82. The van der Waals surface area contributed by atoms with Crippen molar-refractivity contribution in [1.82, 2.24) is 10.4 Å². The largest absolute Gasteiger partial charge is 0.271 e. The molecule has 3 rings (SSSR count). The number of nitrogens with zero attached hydrogens (tertiary/aromatic N) is 4. The lowest BCUT2D eigenvalue weighted by Crippen LogP contribution is -2.39. The molecule has 11 heteroatoms. The number of sulfonamides is 1. The molecule has 0 radical (unpaired) electrons. The lowest BCUT2D eigenvalue weighted by atomic mass is 10.1. The van der Waals surface area contributed by atoms with Crippen molar-refractivity contribution in [2.45, 2.75) is 11.8 Å². The smallest absolute Gasteiger partial charge is 0.270 e. The number of hydrogen-bond donors (Lipinski definition) is 1. The maximum atomic E-state index is 13.1. The summed E-state index contributed by atoms with van der Waals surface area (Å²) < 4.78 is 27.2. The number of anilines is 1. The fraction of sp³-hybridized carbons (Fsp3) is 0.0952. The number of carbonyl (C=O) groups excluding carboxylic acids is 1. The molecule has 1 N–H and O–H groups in total. The molecule has 1 aromatic heterocycles. The Morgan fingerprint density at radius 3 is 2.53 bits per heavy atom. The summed E-state index contributed by atoms with van der Waals surface area (Å²) in [7, 11) is -4.05. The minimum Gasteiger partial charge on any atom is -0.271 e. The lowest BCUT2D eigenvalue weighted by molar-refractivity contribution is -0.384. The molecule has 0 aliphatic carbocycles. The summed E-state index contributed by atoms with van der Waals surface area (Å²) >= 11 is 0. The average molecular weight is 453 g/mol. The summed E-state index contributed by atoms with van der Waals surface area (Å²) in [5.41, 5.74) is 3.17. The molecule has 0 saturated carbocycles. The molecule has 0 aliphatic rings. The highest BCUT2D eigenvalue weighted by Crippen LogP contribution is 2.22. The van der Waals surface area contributed by atoms with Crippen molar-refractivity contribution in [3.8, 4) is 0 Å². The van der Waals surface area contributed by atoms with E-state index in [4.69, 9.17) is 0 Å². The van der Waals surface area contributed by atoms with Crippen molar-refractivity contribution in [1.29, 1.82) is 0 Å². The Bertz CT molecular complexity index is 1250. The van der Waals surface area contributed by atoms with Crippen LogP contribution in [0, 0.1) is 10.1 Å². The Balaban J connectivity index is 1.83. The van der Waals surface area contributed by atoms with Crippen LogP contribution in [0.2, 0.25) is 0 Å². The first-order valence-corrected chi connectivity index (χ1v) is 10.8. The van der Waals surface area contributed by atoms with Crippen molar-refractivity contribution in [3.63, 3.8) is 0 Å². The molecule has 2 aromatic carbocycles. The first-order chi connectivity index (χ1) is 15.3. The molecular weight excluding hydrogens is 434 g/mol. The molecule has 0 spiro atoms. The summed E-state index contributed by atoms with van der Waals surface area (Å²) in [5.74, 6) is -0.696. The summed E-state index contributed by atoms with van der Waals surface area (Å²) in [6.45, 7) is 1.02. The lowest BCUT2D eigenvalue weighted by Gasteiger charge is -2.23. The van der Waals surface area contributed by atoms with Crippen LogP contribution in [-0.2, 0) is 14.8 Å². The zero-order valence-electron chi connectivity index (χ0n) is 17.0.